The summed E-state index contributed by atoms with van der Waals surface area (Å²) in [5.41, 5.74) is 0. The Morgan fingerprint density at radius 1 is 1.67 bits per heavy atom. The minimum atomic E-state index is -0.474. The lowest BCUT2D eigenvalue weighted by molar-refractivity contribution is 0.0628. The second-order valence-corrected chi connectivity index (χ2v) is 3.64. The molecule has 86 valence electrons. The molecule has 1 aromatic rings. The van der Waals surface area contributed by atoms with Gasteiger partial charge in [-0.15, -0.1) is 0 Å². The zero-order valence-corrected chi connectivity index (χ0v) is 9.47. The molecule has 0 aliphatic heterocycles. The summed E-state index contributed by atoms with van der Waals surface area (Å²) < 4.78 is 6.80. The Balaban J connectivity index is 2.36. The van der Waals surface area contributed by atoms with Crippen LogP contribution in [-0.4, -0.2) is 41.0 Å². The fraction of sp³-hybridized carbons (Fsp3) is 0.700. The number of nitrogens with one attached hydrogen (secondary N) is 1. The van der Waals surface area contributed by atoms with Gasteiger partial charge in [-0.05, 0) is 6.92 Å². The first kappa shape index (κ1) is 12.2. The number of aryl methyl sites for hydroxylation is 1. The van der Waals surface area contributed by atoms with E-state index in [4.69, 9.17) is 4.74 Å². The van der Waals surface area contributed by atoms with E-state index in [2.05, 4.69) is 10.3 Å². The van der Waals surface area contributed by atoms with Crippen LogP contribution >= 0.6 is 0 Å². The first-order valence-corrected chi connectivity index (χ1v) is 5.02. The van der Waals surface area contributed by atoms with Gasteiger partial charge >= 0.3 is 0 Å². The predicted octanol–water partition coefficient (Wildman–Crippen LogP) is 0.0780. The van der Waals surface area contributed by atoms with Gasteiger partial charge in [0, 0.05) is 33.1 Å². The van der Waals surface area contributed by atoms with Gasteiger partial charge in [0.25, 0.3) is 0 Å². The van der Waals surface area contributed by atoms with E-state index >= 15 is 0 Å². The van der Waals surface area contributed by atoms with Crippen LogP contribution in [-0.2, 0) is 11.8 Å². The lowest BCUT2D eigenvalue weighted by atomic mass is 10.3. The topological polar surface area (TPSA) is 59.3 Å². The van der Waals surface area contributed by atoms with Crippen molar-refractivity contribution >= 4 is 0 Å². The van der Waals surface area contributed by atoms with Crippen molar-refractivity contribution < 1.29 is 9.84 Å². The largest absolute Gasteiger partial charge is 0.389 e. The van der Waals surface area contributed by atoms with Gasteiger partial charge in [0.2, 0.25) is 0 Å². The Labute approximate surface area is 90.1 Å². The second-order valence-electron chi connectivity index (χ2n) is 3.64. The molecule has 1 rings (SSSR count). The number of methoxy groups -OCH3 is 1. The van der Waals surface area contributed by atoms with Crippen molar-refractivity contribution in [3.05, 3.63) is 18.2 Å². The van der Waals surface area contributed by atoms with Gasteiger partial charge in [0.1, 0.15) is 5.82 Å². The Hall–Kier alpha value is -0.910. The maximum Gasteiger partial charge on any atom is 0.125 e. The number of hydrogen-bond donors (Lipinski definition) is 2. The normalized spacial score (nSPS) is 15.2. The smallest absolute Gasteiger partial charge is 0.125 e. The average Bonchev–Trinajstić information content (AvgIpc) is 2.61. The molecule has 0 aliphatic rings. The van der Waals surface area contributed by atoms with Crippen LogP contribution in [0.4, 0.5) is 0 Å². The maximum atomic E-state index is 9.45. The Morgan fingerprint density at radius 3 is 2.93 bits per heavy atom. The minimum absolute atomic E-state index is 0.122. The lowest BCUT2D eigenvalue weighted by Gasteiger charge is -2.16. The summed E-state index contributed by atoms with van der Waals surface area (Å²) in [4.78, 5) is 4.23. The first-order chi connectivity index (χ1) is 7.15. The van der Waals surface area contributed by atoms with Crippen LogP contribution in [0.15, 0.2) is 12.4 Å². The Kier molecular flexibility index (Phi) is 4.74. The van der Waals surface area contributed by atoms with Crippen molar-refractivity contribution in [2.45, 2.75) is 19.1 Å². The molecule has 0 saturated heterocycles. The summed E-state index contributed by atoms with van der Waals surface area (Å²) in [6, 6.07) is 0.122. The average molecular weight is 213 g/mol. The lowest BCUT2D eigenvalue weighted by Crippen LogP contribution is -2.32. The van der Waals surface area contributed by atoms with Gasteiger partial charge < -0.3 is 19.7 Å². The van der Waals surface area contributed by atoms with Crippen LogP contribution in [0.3, 0.4) is 0 Å². The summed E-state index contributed by atoms with van der Waals surface area (Å²) in [6.45, 7) is 2.87. The van der Waals surface area contributed by atoms with E-state index < -0.39 is 6.10 Å². The zero-order chi connectivity index (χ0) is 11.3. The fourth-order valence-electron chi connectivity index (χ4n) is 1.45. The van der Waals surface area contributed by atoms with Gasteiger partial charge in [0.05, 0.1) is 18.8 Å². The number of aliphatic hydroxyl groups is 1. The summed E-state index contributed by atoms with van der Waals surface area (Å²) in [6.07, 6.45) is 3.19. The predicted molar refractivity (Wildman–Crippen MR) is 57.5 cm³/mol. The van der Waals surface area contributed by atoms with Crippen LogP contribution in [0.25, 0.3) is 0 Å². The molecule has 0 spiro atoms. The third-order valence-electron chi connectivity index (χ3n) is 2.26. The van der Waals surface area contributed by atoms with Crippen molar-refractivity contribution in [1.29, 1.82) is 0 Å². The molecule has 1 heterocycles. The molecule has 0 radical (unpaired) electrons. The zero-order valence-electron chi connectivity index (χ0n) is 9.47. The van der Waals surface area contributed by atoms with E-state index in [0.29, 0.717) is 13.2 Å². The molecule has 0 aromatic carbocycles. The SMILES string of the molecule is COCC(O)CNC(C)c1nccn1C. The second kappa shape index (κ2) is 5.85. The van der Waals surface area contributed by atoms with Gasteiger partial charge in [-0.1, -0.05) is 0 Å². The highest BCUT2D eigenvalue weighted by Crippen LogP contribution is 2.07. The minimum Gasteiger partial charge on any atom is -0.389 e. The molecule has 5 heteroatoms. The van der Waals surface area contributed by atoms with E-state index in [-0.39, 0.29) is 6.04 Å². The van der Waals surface area contributed by atoms with E-state index in [0.717, 1.165) is 5.82 Å². The first-order valence-electron chi connectivity index (χ1n) is 5.02. The maximum absolute atomic E-state index is 9.45. The molecule has 1 aromatic heterocycles. The fourth-order valence-corrected chi connectivity index (χ4v) is 1.45. The summed E-state index contributed by atoms with van der Waals surface area (Å²) in [7, 11) is 3.53. The molecule has 2 unspecified atom stereocenters. The number of imidazole rings is 1. The van der Waals surface area contributed by atoms with Gasteiger partial charge in [-0.25, -0.2) is 4.98 Å². The summed E-state index contributed by atoms with van der Waals surface area (Å²) in [5, 5.41) is 12.6. The van der Waals surface area contributed by atoms with E-state index in [9.17, 15) is 5.11 Å². The monoisotopic (exact) mass is 213 g/mol. The van der Waals surface area contributed by atoms with E-state index in [1.54, 1.807) is 13.3 Å². The molecule has 0 aliphatic carbocycles. The summed E-state index contributed by atoms with van der Waals surface area (Å²) >= 11 is 0. The number of hydrogen-bond acceptors (Lipinski definition) is 4. The van der Waals surface area contributed by atoms with Crippen LogP contribution in [0.2, 0.25) is 0 Å². The highest BCUT2D eigenvalue weighted by Gasteiger charge is 2.11. The molecule has 0 fully saturated rings. The highest BCUT2D eigenvalue weighted by molar-refractivity contribution is 4.96. The van der Waals surface area contributed by atoms with Gasteiger partial charge in [0.15, 0.2) is 0 Å². The van der Waals surface area contributed by atoms with Crippen LogP contribution in [0.5, 0.6) is 0 Å². The molecule has 0 amide bonds. The molecular weight excluding hydrogens is 194 g/mol. The highest BCUT2D eigenvalue weighted by atomic mass is 16.5. The van der Waals surface area contributed by atoms with Gasteiger partial charge in [-0.2, -0.15) is 0 Å². The quantitative estimate of drug-likeness (QED) is 0.702. The molecular formula is C10H19N3O2. The molecule has 0 bridgehead atoms. The van der Waals surface area contributed by atoms with Crippen molar-refractivity contribution in [3.8, 4) is 0 Å². The van der Waals surface area contributed by atoms with Crippen molar-refractivity contribution in [2.24, 2.45) is 7.05 Å². The molecule has 2 atom stereocenters. The van der Waals surface area contributed by atoms with Crippen molar-refractivity contribution in [3.63, 3.8) is 0 Å². The molecule has 5 nitrogen and oxygen atoms in total. The number of rotatable bonds is 6. The number of nitrogens with zero attached hydrogens (tertiary/aromatic N) is 2. The third kappa shape index (κ3) is 3.62. The summed E-state index contributed by atoms with van der Waals surface area (Å²) in [5.74, 6) is 0.958. The standard InChI is InChI=1S/C10H19N3O2/c1-8(10-11-4-5-13(10)2)12-6-9(14)7-15-3/h4-5,8-9,12,14H,6-7H2,1-3H3. The van der Waals surface area contributed by atoms with Gasteiger partial charge in [-0.3, -0.25) is 0 Å². The van der Waals surface area contributed by atoms with E-state index in [1.807, 2.05) is 24.7 Å². The van der Waals surface area contributed by atoms with Crippen molar-refractivity contribution in [1.82, 2.24) is 14.9 Å². The Bertz CT molecular complexity index is 288. The van der Waals surface area contributed by atoms with E-state index in [1.165, 1.54) is 0 Å². The van der Waals surface area contributed by atoms with Crippen molar-refractivity contribution in [2.75, 3.05) is 20.3 Å². The number of aliphatic hydroxyl groups excluding tert-OH is 1. The Morgan fingerprint density at radius 2 is 2.40 bits per heavy atom. The third-order valence-corrected chi connectivity index (χ3v) is 2.26. The number of ether oxygens (including phenoxy) is 1. The molecule has 0 saturated carbocycles. The number of aromatic nitrogens is 2. The molecule has 2 N–H and O–H groups in total. The van der Waals surface area contributed by atoms with Crippen LogP contribution < -0.4 is 5.32 Å². The molecule has 15 heavy (non-hydrogen) atoms. The van der Waals surface area contributed by atoms with Crippen LogP contribution in [0.1, 0.15) is 18.8 Å². The van der Waals surface area contributed by atoms with Crippen LogP contribution in [0, 0.1) is 0 Å².